The van der Waals surface area contributed by atoms with Crippen molar-refractivity contribution in [3.8, 4) is 5.75 Å². The molecule has 0 radical (unpaired) electrons. The summed E-state index contributed by atoms with van der Waals surface area (Å²) in [6.45, 7) is 0. The molecule has 0 saturated carbocycles. The summed E-state index contributed by atoms with van der Waals surface area (Å²) in [4.78, 5) is 0. The van der Waals surface area contributed by atoms with Gasteiger partial charge >= 0.3 is 0 Å². The van der Waals surface area contributed by atoms with E-state index in [-0.39, 0.29) is 0 Å². The van der Waals surface area contributed by atoms with Crippen LogP contribution in [0.15, 0.2) is 18.3 Å². The fourth-order valence-corrected chi connectivity index (χ4v) is 1.51. The van der Waals surface area contributed by atoms with Crippen molar-refractivity contribution >= 4 is 34.1 Å². The average molecular weight is 229 g/mol. The van der Waals surface area contributed by atoms with Crippen LogP contribution in [0.25, 0.3) is 10.9 Å². The van der Waals surface area contributed by atoms with Crippen molar-refractivity contribution in [2.24, 2.45) is 0 Å². The van der Waals surface area contributed by atoms with Crippen LogP contribution in [0.4, 0.5) is 0 Å². The molecule has 0 aliphatic heterocycles. The molecule has 0 N–H and O–H groups in total. The van der Waals surface area contributed by atoms with E-state index in [2.05, 4.69) is 10.2 Å². The minimum Gasteiger partial charge on any atom is -0.494 e. The molecule has 0 aliphatic carbocycles. The Morgan fingerprint density at radius 1 is 1.21 bits per heavy atom. The van der Waals surface area contributed by atoms with E-state index in [0.29, 0.717) is 21.3 Å². The molecular weight excluding hydrogens is 223 g/mol. The highest BCUT2D eigenvalue weighted by molar-refractivity contribution is 6.42. The lowest BCUT2D eigenvalue weighted by molar-refractivity contribution is 0.417. The van der Waals surface area contributed by atoms with E-state index < -0.39 is 0 Å². The molecule has 1 aromatic carbocycles. The summed E-state index contributed by atoms with van der Waals surface area (Å²) in [6.07, 6.45) is 1.53. The van der Waals surface area contributed by atoms with Gasteiger partial charge in [0, 0.05) is 5.39 Å². The van der Waals surface area contributed by atoms with Crippen LogP contribution in [-0.2, 0) is 0 Å². The van der Waals surface area contributed by atoms with E-state index >= 15 is 0 Å². The Kier molecular flexibility index (Phi) is 2.44. The van der Waals surface area contributed by atoms with Crippen LogP contribution in [0.2, 0.25) is 10.0 Å². The predicted octanol–water partition coefficient (Wildman–Crippen LogP) is 2.95. The van der Waals surface area contributed by atoms with Crippen molar-refractivity contribution in [2.75, 3.05) is 7.11 Å². The molecule has 1 heterocycles. The Bertz CT molecular complexity index is 487. The van der Waals surface area contributed by atoms with Crippen molar-refractivity contribution in [2.45, 2.75) is 0 Å². The summed E-state index contributed by atoms with van der Waals surface area (Å²) in [5, 5.41) is 9.44. The molecule has 2 rings (SSSR count). The molecule has 1 aromatic heterocycles. The van der Waals surface area contributed by atoms with Crippen molar-refractivity contribution in [1.29, 1.82) is 0 Å². The first kappa shape index (κ1) is 9.49. The minimum atomic E-state index is 0.460. The number of methoxy groups -OCH3 is 1. The van der Waals surface area contributed by atoms with Crippen LogP contribution in [-0.4, -0.2) is 17.3 Å². The van der Waals surface area contributed by atoms with E-state index in [9.17, 15) is 0 Å². The predicted molar refractivity (Wildman–Crippen MR) is 56.1 cm³/mol. The number of rotatable bonds is 1. The van der Waals surface area contributed by atoms with Crippen LogP contribution in [0.1, 0.15) is 0 Å². The topological polar surface area (TPSA) is 35.0 Å². The second-order valence-electron chi connectivity index (χ2n) is 2.70. The molecule has 0 spiro atoms. The van der Waals surface area contributed by atoms with Crippen LogP contribution < -0.4 is 4.74 Å². The van der Waals surface area contributed by atoms with E-state index in [1.54, 1.807) is 19.2 Å². The van der Waals surface area contributed by atoms with Gasteiger partial charge in [-0.15, -0.1) is 0 Å². The van der Waals surface area contributed by atoms with E-state index in [1.165, 1.54) is 6.20 Å². The third-order valence-electron chi connectivity index (χ3n) is 1.86. The molecule has 3 nitrogen and oxygen atoms in total. The fourth-order valence-electron chi connectivity index (χ4n) is 1.19. The van der Waals surface area contributed by atoms with Gasteiger partial charge in [0.05, 0.1) is 28.9 Å². The van der Waals surface area contributed by atoms with Crippen LogP contribution in [0.5, 0.6) is 5.75 Å². The molecule has 0 aliphatic rings. The maximum atomic E-state index is 5.88. The van der Waals surface area contributed by atoms with Gasteiger partial charge < -0.3 is 4.74 Å². The van der Waals surface area contributed by atoms with Crippen LogP contribution in [0.3, 0.4) is 0 Å². The number of benzene rings is 1. The summed E-state index contributed by atoms with van der Waals surface area (Å²) >= 11 is 11.7. The number of fused-ring (bicyclic) bond motifs is 1. The van der Waals surface area contributed by atoms with Gasteiger partial charge in [-0.05, 0) is 12.1 Å². The zero-order valence-electron chi connectivity index (χ0n) is 7.29. The zero-order chi connectivity index (χ0) is 10.1. The first-order valence-electron chi connectivity index (χ1n) is 3.87. The van der Waals surface area contributed by atoms with Crippen molar-refractivity contribution < 1.29 is 4.74 Å². The molecule has 0 bridgehead atoms. The zero-order valence-corrected chi connectivity index (χ0v) is 8.80. The van der Waals surface area contributed by atoms with Gasteiger partial charge in [0.15, 0.2) is 0 Å². The summed E-state index contributed by atoms with van der Waals surface area (Å²) in [6, 6.07) is 3.38. The Morgan fingerprint density at radius 3 is 2.64 bits per heavy atom. The molecule has 0 atom stereocenters. The lowest BCUT2D eigenvalue weighted by Gasteiger charge is -2.04. The Hall–Kier alpha value is -1.06. The largest absolute Gasteiger partial charge is 0.494 e. The molecule has 14 heavy (non-hydrogen) atoms. The Labute approximate surface area is 90.6 Å². The summed E-state index contributed by atoms with van der Waals surface area (Å²) < 4.78 is 5.12. The summed E-state index contributed by atoms with van der Waals surface area (Å²) in [5.74, 6) is 0.633. The van der Waals surface area contributed by atoms with Gasteiger partial charge in [-0.25, -0.2) is 0 Å². The van der Waals surface area contributed by atoms with Gasteiger partial charge in [0.25, 0.3) is 0 Å². The van der Waals surface area contributed by atoms with E-state index in [1.807, 2.05) is 0 Å². The first-order valence-corrected chi connectivity index (χ1v) is 4.62. The van der Waals surface area contributed by atoms with Gasteiger partial charge in [0.2, 0.25) is 0 Å². The smallest absolute Gasteiger partial charge is 0.148 e. The molecule has 72 valence electrons. The Balaban J connectivity index is 2.81. The number of hydrogen-bond acceptors (Lipinski definition) is 3. The lowest BCUT2D eigenvalue weighted by atomic mass is 10.2. The maximum Gasteiger partial charge on any atom is 0.148 e. The molecule has 0 unspecified atom stereocenters. The van der Waals surface area contributed by atoms with Crippen LogP contribution in [0, 0.1) is 0 Å². The molecule has 0 saturated heterocycles. The van der Waals surface area contributed by atoms with Crippen molar-refractivity contribution in [3.63, 3.8) is 0 Å². The lowest BCUT2D eigenvalue weighted by Crippen LogP contribution is -1.90. The Morgan fingerprint density at radius 2 is 1.93 bits per heavy atom. The average Bonchev–Trinajstić information content (AvgIpc) is 2.19. The fraction of sp³-hybridized carbons (Fsp3) is 0.111. The van der Waals surface area contributed by atoms with Gasteiger partial charge in [-0.2, -0.15) is 10.2 Å². The van der Waals surface area contributed by atoms with E-state index in [4.69, 9.17) is 27.9 Å². The van der Waals surface area contributed by atoms with E-state index in [0.717, 1.165) is 5.39 Å². The number of aromatic nitrogens is 2. The highest BCUT2D eigenvalue weighted by Crippen LogP contribution is 2.30. The molecular formula is C9H6Cl2N2O. The summed E-state index contributed by atoms with van der Waals surface area (Å²) in [5.41, 5.74) is 0.666. The molecule has 2 aromatic rings. The first-order chi connectivity index (χ1) is 6.72. The van der Waals surface area contributed by atoms with Gasteiger partial charge in [-0.3, -0.25) is 0 Å². The second-order valence-corrected chi connectivity index (χ2v) is 3.51. The SMILES string of the molecule is COc1cnnc2cc(Cl)c(Cl)cc12. The molecule has 0 fully saturated rings. The minimum absolute atomic E-state index is 0.460. The second kappa shape index (κ2) is 3.59. The quantitative estimate of drug-likeness (QED) is 0.753. The monoisotopic (exact) mass is 228 g/mol. The highest BCUT2D eigenvalue weighted by atomic mass is 35.5. The van der Waals surface area contributed by atoms with Crippen molar-refractivity contribution in [1.82, 2.24) is 10.2 Å². The summed E-state index contributed by atoms with van der Waals surface area (Å²) in [7, 11) is 1.57. The number of halogens is 2. The third kappa shape index (κ3) is 1.49. The number of ether oxygens (including phenoxy) is 1. The van der Waals surface area contributed by atoms with Gasteiger partial charge in [0.1, 0.15) is 5.75 Å². The van der Waals surface area contributed by atoms with Crippen LogP contribution >= 0.6 is 23.2 Å². The molecule has 5 heteroatoms. The molecule has 0 amide bonds. The normalized spacial score (nSPS) is 10.5. The maximum absolute atomic E-state index is 5.88. The third-order valence-corrected chi connectivity index (χ3v) is 2.59. The number of nitrogens with zero attached hydrogens (tertiary/aromatic N) is 2. The highest BCUT2D eigenvalue weighted by Gasteiger charge is 2.06. The van der Waals surface area contributed by atoms with Gasteiger partial charge in [-0.1, -0.05) is 23.2 Å². The van der Waals surface area contributed by atoms with Crippen molar-refractivity contribution in [3.05, 3.63) is 28.4 Å². The standard InChI is InChI=1S/C9H6Cl2N2O/c1-14-9-4-12-13-8-3-7(11)6(10)2-5(8)9/h2-4H,1H3. The number of hydrogen-bond donors (Lipinski definition) is 0.